The number of amides is 2. The molecule has 1 aliphatic rings. The molecule has 132 valence electrons. The Kier molecular flexibility index (Phi) is 6.25. The molecular formula is C16H22BrClN4O2. The molecule has 3 atom stereocenters. The summed E-state index contributed by atoms with van der Waals surface area (Å²) < 4.78 is 0. The van der Waals surface area contributed by atoms with Gasteiger partial charge < -0.3 is 10.2 Å². The van der Waals surface area contributed by atoms with Crippen LogP contribution in [0.3, 0.4) is 0 Å². The molecule has 1 aromatic rings. The van der Waals surface area contributed by atoms with Crippen LogP contribution in [0, 0.1) is 5.92 Å². The predicted octanol–water partition coefficient (Wildman–Crippen LogP) is 2.24. The smallest absolute Gasteiger partial charge is 0.254 e. The van der Waals surface area contributed by atoms with Crippen LogP contribution in [0.1, 0.15) is 24.2 Å². The molecule has 0 radical (unpaired) electrons. The van der Waals surface area contributed by atoms with E-state index in [9.17, 15) is 9.59 Å². The first-order valence-corrected chi connectivity index (χ1v) is 8.99. The molecule has 1 aromatic carbocycles. The van der Waals surface area contributed by atoms with Crippen LogP contribution < -0.4 is 16.2 Å². The lowest BCUT2D eigenvalue weighted by Crippen LogP contribution is -2.42. The molecule has 3 N–H and O–H groups in total. The molecule has 0 aromatic heterocycles. The molecule has 0 aliphatic carbocycles. The van der Waals surface area contributed by atoms with Crippen LogP contribution in [0.15, 0.2) is 18.2 Å². The number of nitrogens with zero attached hydrogens (tertiary/aromatic N) is 1. The van der Waals surface area contributed by atoms with Gasteiger partial charge in [-0.25, -0.2) is 5.43 Å². The fourth-order valence-electron chi connectivity index (χ4n) is 2.52. The number of alkyl halides is 1. The number of hydrogen-bond acceptors (Lipinski definition) is 4. The van der Waals surface area contributed by atoms with Crippen molar-refractivity contribution in [1.82, 2.24) is 15.8 Å². The van der Waals surface area contributed by atoms with Gasteiger partial charge >= 0.3 is 0 Å². The number of hydrazine groups is 1. The zero-order valence-corrected chi connectivity index (χ0v) is 16.4. The second-order valence-electron chi connectivity index (χ2n) is 6.36. The van der Waals surface area contributed by atoms with Gasteiger partial charge in [0.15, 0.2) is 0 Å². The first-order chi connectivity index (χ1) is 11.2. The van der Waals surface area contributed by atoms with Crippen molar-refractivity contribution in [2.75, 3.05) is 19.4 Å². The monoisotopic (exact) mass is 416 g/mol. The van der Waals surface area contributed by atoms with E-state index in [-0.39, 0.29) is 22.7 Å². The average molecular weight is 418 g/mol. The van der Waals surface area contributed by atoms with Crippen molar-refractivity contribution in [2.24, 2.45) is 5.92 Å². The summed E-state index contributed by atoms with van der Waals surface area (Å²) in [6.45, 7) is 4.18. The normalized spacial score (nSPS) is 23.4. The minimum atomic E-state index is -0.416. The van der Waals surface area contributed by atoms with Crippen LogP contribution in [0.2, 0.25) is 5.02 Å². The van der Waals surface area contributed by atoms with Gasteiger partial charge in [0.05, 0.1) is 15.4 Å². The molecule has 1 aliphatic heterocycles. The molecule has 8 heteroatoms. The highest BCUT2D eigenvalue weighted by molar-refractivity contribution is 9.09. The number of anilines is 1. The fourth-order valence-corrected chi connectivity index (χ4v) is 3.84. The van der Waals surface area contributed by atoms with Crippen LogP contribution in [0.25, 0.3) is 0 Å². The molecule has 1 fully saturated rings. The van der Waals surface area contributed by atoms with Crippen LogP contribution in [-0.4, -0.2) is 47.7 Å². The first-order valence-electron chi connectivity index (χ1n) is 7.69. The van der Waals surface area contributed by atoms with Gasteiger partial charge in [0.25, 0.3) is 5.91 Å². The molecule has 24 heavy (non-hydrogen) atoms. The zero-order valence-electron chi connectivity index (χ0n) is 14.1. The summed E-state index contributed by atoms with van der Waals surface area (Å²) in [5.41, 5.74) is 7.04. The van der Waals surface area contributed by atoms with Crippen molar-refractivity contribution in [3.63, 3.8) is 0 Å². The SMILES string of the molecule is CC(C)C1NNC(C(=O)Nc2ccc(Cl)c(C(=O)N(C)C)c2)C1Br. The Bertz CT molecular complexity index is 639. The zero-order chi connectivity index (χ0) is 18.0. The van der Waals surface area contributed by atoms with Gasteiger partial charge in [-0.15, -0.1) is 0 Å². The lowest BCUT2D eigenvalue weighted by atomic mass is 9.99. The third-order valence-electron chi connectivity index (χ3n) is 3.94. The van der Waals surface area contributed by atoms with E-state index in [1.165, 1.54) is 4.90 Å². The number of hydrogen-bond donors (Lipinski definition) is 3. The molecule has 6 nitrogen and oxygen atoms in total. The van der Waals surface area contributed by atoms with E-state index in [2.05, 4.69) is 45.9 Å². The van der Waals surface area contributed by atoms with Crippen LogP contribution in [0.5, 0.6) is 0 Å². The minimum Gasteiger partial charge on any atom is -0.345 e. The number of carbonyl (C=O) groups excluding carboxylic acids is 2. The lowest BCUT2D eigenvalue weighted by Gasteiger charge is -2.19. The Morgan fingerprint density at radius 3 is 2.50 bits per heavy atom. The Balaban J connectivity index is 2.13. The number of nitrogens with one attached hydrogen (secondary N) is 3. The summed E-state index contributed by atoms with van der Waals surface area (Å²) >= 11 is 9.67. The van der Waals surface area contributed by atoms with Crippen LogP contribution in [-0.2, 0) is 4.79 Å². The van der Waals surface area contributed by atoms with E-state index in [4.69, 9.17) is 11.6 Å². The van der Waals surface area contributed by atoms with E-state index in [1.807, 2.05) is 0 Å². The number of rotatable bonds is 4. The maximum atomic E-state index is 12.5. The second-order valence-corrected chi connectivity index (χ2v) is 7.83. The van der Waals surface area contributed by atoms with E-state index >= 15 is 0 Å². The number of carbonyl (C=O) groups is 2. The largest absolute Gasteiger partial charge is 0.345 e. The van der Waals surface area contributed by atoms with E-state index in [0.29, 0.717) is 22.2 Å². The molecule has 2 amide bonds. The Hall–Kier alpha value is -1.15. The minimum absolute atomic E-state index is 0.0346. The molecule has 0 saturated carbocycles. The van der Waals surface area contributed by atoms with Crippen molar-refractivity contribution >= 4 is 45.0 Å². The lowest BCUT2D eigenvalue weighted by molar-refractivity contribution is -0.117. The molecular weight excluding hydrogens is 396 g/mol. The molecule has 0 bridgehead atoms. The van der Waals surface area contributed by atoms with Crippen molar-refractivity contribution in [3.05, 3.63) is 28.8 Å². The maximum Gasteiger partial charge on any atom is 0.254 e. The summed E-state index contributed by atoms with van der Waals surface area (Å²) in [5.74, 6) is -0.0207. The quantitative estimate of drug-likeness (QED) is 0.657. The molecule has 0 spiro atoms. The number of halogens is 2. The Morgan fingerprint density at radius 2 is 1.96 bits per heavy atom. The molecule has 1 saturated heterocycles. The third kappa shape index (κ3) is 4.08. The van der Waals surface area contributed by atoms with Crippen molar-refractivity contribution in [3.8, 4) is 0 Å². The fraction of sp³-hybridized carbons (Fsp3) is 0.500. The van der Waals surface area contributed by atoms with E-state index in [0.717, 1.165) is 0 Å². The second kappa shape index (κ2) is 7.82. The standard InChI is InChI=1S/C16H22BrClN4O2/c1-8(2)13-12(17)14(21-20-13)15(23)19-9-5-6-11(18)10(7-9)16(24)22(3)4/h5-8,12-14,20-21H,1-4H3,(H,19,23). The van der Waals surface area contributed by atoms with Crippen LogP contribution >= 0.6 is 27.5 Å². The molecule has 1 heterocycles. The van der Waals surface area contributed by atoms with Gasteiger partial charge in [0, 0.05) is 25.8 Å². The molecule has 3 unspecified atom stereocenters. The summed E-state index contributed by atoms with van der Waals surface area (Å²) in [6.07, 6.45) is 0. The molecule has 2 rings (SSSR count). The maximum absolute atomic E-state index is 12.5. The summed E-state index contributed by atoms with van der Waals surface area (Å²) in [6, 6.07) is 4.61. The van der Waals surface area contributed by atoms with E-state index < -0.39 is 6.04 Å². The van der Waals surface area contributed by atoms with Crippen molar-refractivity contribution in [2.45, 2.75) is 30.8 Å². The highest BCUT2D eigenvalue weighted by atomic mass is 79.9. The number of benzene rings is 1. The highest BCUT2D eigenvalue weighted by Gasteiger charge is 2.39. The van der Waals surface area contributed by atoms with E-state index in [1.54, 1.807) is 32.3 Å². The van der Waals surface area contributed by atoms with Gasteiger partial charge in [0.2, 0.25) is 5.91 Å². The summed E-state index contributed by atoms with van der Waals surface area (Å²) in [7, 11) is 3.30. The predicted molar refractivity (Wildman–Crippen MR) is 99.5 cm³/mol. The third-order valence-corrected chi connectivity index (χ3v) is 5.37. The van der Waals surface area contributed by atoms with Gasteiger partial charge in [-0.3, -0.25) is 15.0 Å². The van der Waals surface area contributed by atoms with Gasteiger partial charge in [-0.05, 0) is 24.1 Å². The van der Waals surface area contributed by atoms with Gasteiger partial charge in [0.1, 0.15) is 6.04 Å². The summed E-state index contributed by atoms with van der Waals surface area (Å²) in [5, 5.41) is 3.19. The van der Waals surface area contributed by atoms with Crippen molar-refractivity contribution in [1.29, 1.82) is 0 Å². The first kappa shape index (κ1) is 19.2. The Morgan fingerprint density at radius 1 is 1.29 bits per heavy atom. The summed E-state index contributed by atoms with van der Waals surface area (Å²) in [4.78, 5) is 26.1. The van der Waals surface area contributed by atoms with Crippen LogP contribution in [0.4, 0.5) is 5.69 Å². The highest BCUT2D eigenvalue weighted by Crippen LogP contribution is 2.25. The van der Waals surface area contributed by atoms with Gasteiger partial charge in [-0.1, -0.05) is 41.4 Å². The van der Waals surface area contributed by atoms with Gasteiger partial charge in [-0.2, -0.15) is 0 Å². The average Bonchev–Trinajstić information content (AvgIpc) is 2.90. The van der Waals surface area contributed by atoms with Crippen molar-refractivity contribution < 1.29 is 9.59 Å². The Labute approximate surface area is 155 Å². The topological polar surface area (TPSA) is 73.5 Å².